The van der Waals surface area contributed by atoms with E-state index in [1.54, 1.807) is 0 Å². The Morgan fingerprint density at radius 1 is 1.07 bits per heavy atom. The van der Waals surface area contributed by atoms with Crippen molar-refractivity contribution >= 4 is 5.69 Å². The number of hydrogen-bond donors (Lipinski definition) is 0. The molecule has 2 rings (SSSR count). The second kappa shape index (κ2) is 4.39. The van der Waals surface area contributed by atoms with Crippen LogP contribution in [0.5, 0.6) is 0 Å². The summed E-state index contributed by atoms with van der Waals surface area (Å²) in [6, 6.07) is 10.6. The van der Waals surface area contributed by atoms with Crippen LogP contribution in [0, 0.1) is 0 Å². The molecule has 0 bridgehead atoms. The van der Waals surface area contributed by atoms with Gasteiger partial charge >= 0.3 is 0 Å². The van der Waals surface area contributed by atoms with E-state index in [2.05, 4.69) is 53.6 Å². The Balaban J connectivity index is 1.97. The van der Waals surface area contributed by atoms with Crippen LogP contribution < -0.4 is 4.90 Å². The summed E-state index contributed by atoms with van der Waals surface area (Å²) in [6.45, 7) is 10.4. The van der Waals surface area contributed by atoms with Gasteiger partial charge in [-0.15, -0.1) is 0 Å². The number of anilines is 1. The van der Waals surface area contributed by atoms with Crippen LogP contribution in [0.4, 0.5) is 5.69 Å². The first-order valence-electron chi connectivity index (χ1n) is 5.48. The fourth-order valence-electron chi connectivity index (χ4n) is 1.99. The highest BCUT2D eigenvalue weighted by molar-refractivity contribution is 5.46. The van der Waals surface area contributed by atoms with E-state index in [-0.39, 0.29) is 0 Å². The van der Waals surface area contributed by atoms with Gasteiger partial charge < -0.3 is 9.80 Å². The minimum absolute atomic E-state index is 1.09. The minimum atomic E-state index is 1.09. The molecule has 0 unspecified atom stereocenters. The van der Waals surface area contributed by atoms with E-state index < -0.39 is 0 Å². The molecule has 2 nitrogen and oxygen atoms in total. The molecule has 80 valence electrons. The maximum absolute atomic E-state index is 3.98. The molecule has 1 aromatic carbocycles. The highest BCUT2D eigenvalue weighted by atomic mass is 15.3. The van der Waals surface area contributed by atoms with E-state index in [9.17, 15) is 0 Å². The zero-order chi connectivity index (χ0) is 10.7. The average Bonchev–Trinajstić information content (AvgIpc) is 2.30. The lowest BCUT2D eigenvalue weighted by Gasteiger charge is -2.37. The van der Waals surface area contributed by atoms with E-state index >= 15 is 0 Å². The number of para-hydroxylation sites is 1. The molecule has 1 aliphatic rings. The van der Waals surface area contributed by atoms with Crippen LogP contribution in [0.3, 0.4) is 0 Å². The lowest BCUT2D eigenvalue weighted by Crippen LogP contribution is -2.45. The van der Waals surface area contributed by atoms with Gasteiger partial charge in [0.1, 0.15) is 0 Å². The Labute approximate surface area is 91.8 Å². The van der Waals surface area contributed by atoms with Crippen molar-refractivity contribution in [3.8, 4) is 0 Å². The summed E-state index contributed by atoms with van der Waals surface area (Å²) in [5.41, 5.74) is 2.52. The predicted octanol–water partition coefficient (Wildman–Crippen LogP) is 2.34. The van der Waals surface area contributed by atoms with Gasteiger partial charge in [0, 0.05) is 37.6 Å². The quantitative estimate of drug-likeness (QED) is 0.726. The molecule has 1 fully saturated rings. The topological polar surface area (TPSA) is 6.48 Å². The molecule has 1 aromatic rings. The molecule has 0 aromatic heterocycles. The maximum Gasteiger partial charge on any atom is 0.0367 e. The molecule has 0 radical (unpaired) electrons. The Morgan fingerprint density at radius 2 is 1.67 bits per heavy atom. The third kappa shape index (κ3) is 2.32. The minimum Gasteiger partial charge on any atom is -0.372 e. The van der Waals surface area contributed by atoms with E-state index in [0.29, 0.717) is 0 Å². The Bertz CT molecular complexity index is 324. The van der Waals surface area contributed by atoms with Gasteiger partial charge in [-0.1, -0.05) is 24.8 Å². The lowest BCUT2D eigenvalue weighted by atomic mass is 10.2. The smallest absolute Gasteiger partial charge is 0.0367 e. The summed E-state index contributed by atoms with van der Waals surface area (Å²) in [7, 11) is 0. The Kier molecular flexibility index (Phi) is 2.95. The van der Waals surface area contributed by atoms with Crippen molar-refractivity contribution in [1.82, 2.24) is 4.90 Å². The van der Waals surface area contributed by atoms with Gasteiger partial charge in [-0.25, -0.2) is 0 Å². The molecule has 0 N–H and O–H groups in total. The largest absolute Gasteiger partial charge is 0.372 e. The molecule has 1 aliphatic heterocycles. The summed E-state index contributed by atoms with van der Waals surface area (Å²) in [5, 5.41) is 0. The highest BCUT2D eigenvalue weighted by Gasteiger charge is 2.15. The van der Waals surface area contributed by atoms with Crippen molar-refractivity contribution in [3.63, 3.8) is 0 Å². The van der Waals surface area contributed by atoms with Gasteiger partial charge in [0.2, 0.25) is 0 Å². The van der Waals surface area contributed by atoms with Gasteiger partial charge in [-0.2, -0.15) is 0 Å². The molecular weight excluding hydrogens is 184 g/mol. The van der Waals surface area contributed by atoms with Crippen LogP contribution in [0.1, 0.15) is 6.92 Å². The van der Waals surface area contributed by atoms with Crippen molar-refractivity contribution in [3.05, 3.63) is 42.6 Å². The summed E-state index contributed by atoms with van der Waals surface area (Å²) in [5.74, 6) is 0. The third-order valence-corrected chi connectivity index (χ3v) is 2.94. The fourth-order valence-corrected chi connectivity index (χ4v) is 1.99. The molecule has 2 heteroatoms. The SMILES string of the molecule is C=C(C)N1CCN(c2ccccc2)CC1. The molecule has 0 aliphatic carbocycles. The van der Waals surface area contributed by atoms with Gasteiger partial charge in [-0.05, 0) is 19.1 Å². The van der Waals surface area contributed by atoms with Crippen LogP contribution in [-0.4, -0.2) is 31.1 Å². The number of hydrogen-bond acceptors (Lipinski definition) is 2. The number of benzene rings is 1. The zero-order valence-corrected chi connectivity index (χ0v) is 9.32. The number of piperazine rings is 1. The standard InChI is InChI=1S/C13H18N2/c1-12(2)14-8-10-15(11-9-14)13-6-4-3-5-7-13/h3-7H,1,8-11H2,2H3. The van der Waals surface area contributed by atoms with E-state index in [1.165, 1.54) is 11.4 Å². The van der Waals surface area contributed by atoms with E-state index in [1.807, 2.05) is 0 Å². The Hall–Kier alpha value is -1.44. The van der Waals surface area contributed by atoms with Crippen LogP contribution in [0.25, 0.3) is 0 Å². The van der Waals surface area contributed by atoms with Crippen molar-refractivity contribution < 1.29 is 0 Å². The summed E-state index contributed by atoms with van der Waals surface area (Å²) in [6.07, 6.45) is 0. The maximum atomic E-state index is 3.98. The molecule has 1 saturated heterocycles. The first kappa shape index (κ1) is 10.1. The van der Waals surface area contributed by atoms with Crippen molar-refractivity contribution in [1.29, 1.82) is 0 Å². The van der Waals surface area contributed by atoms with Crippen molar-refractivity contribution in [2.75, 3.05) is 31.1 Å². The molecular formula is C13H18N2. The van der Waals surface area contributed by atoms with Crippen LogP contribution in [0.2, 0.25) is 0 Å². The average molecular weight is 202 g/mol. The first-order valence-corrected chi connectivity index (χ1v) is 5.48. The van der Waals surface area contributed by atoms with Gasteiger partial charge in [0.15, 0.2) is 0 Å². The van der Waals surface area contributed by atoms with E-state index in [0.717, 1.165) is 26.2 Å². The van der Waals surface area contributed by atoms with Gasteiger partial charge in [0.05, 0.1) is 0 Å². The highest BCUT2D eigenvalue weighted by Crippen LogP contribution is 2.16. The second-order valence-electron chi connectivity index (χ2n) is 4.04. The van der Waals surface area contributed by atoms with Crippen molar-refractivity contribution in [2.45, 2.75) is 6.92 Å². The van der Waals surface area contributed by atoms with Crippen LogP contribution in [0.15, 0.2) is 42.6 Å². The summed E-state index contributed by atoms with van der Waals surface area (Å²) >= 11 is 0. The number of nitrogens with zero attached hydrogens (tertiary/aromatic N) is 2. The molecule has 15 heavy (non-hydrogen) atoms. The molecule has 0 spiro atoms. The molecule has 0 atom stereocenters. The molecule has 1 heterocycles. The van der Waals surface area contributed by atoms with Crippen molar-refractivity contribution in [2.24, 2.45) is 0 Å². The molecule has 0 amide bonds. The summed E-state index contributed by atoms with van der Waals surface area (Å²) < 4.78 is 0. The zero-order valence-electron chi connectivity index (χ0n) is 9.32. The second-order valence-corrected chi connectivity index (χ2v) is 4.04. The van der Waals surface area contributed by atoms with Crippen LogP contribution in [-0.2, 0) is 0 Å². The first-order chi connectivity index (χ1) is 7.27. The number of allylic oxidation sites excluding steroid dienone is 1. The summed E-state index contributed by atoms with van der Waals surface area (Å²) in [4.78, 5) is 4.78. The third-order valence-electron chi connectivity index (χ3n) is 2.94. The predicted molar refractivity (Wildman–Crippen MR) is 65.0 cm³/mol. The normalized spacial score (nSPS) is 16.6. The number of rotatable bonds is 2. The molecule has 0 saturated carbocycles. The van der Waals surface area contributed by atoms with Gasteiger partial charge in [-0.3, -0.25) is 0 Å². The fraction of sp³-hybridized carbons (Fsp3) is 0.385. The van der Waals surface area contributed by atoms with Crippen LogP contribution >= 0.6 is 0 Å². The van der Waals surface area contributed by atoms with Gasteiger partial charge in [0.25, 0.3) is 0 Å². The van der Waals surface area contributed by atoms with E-state index in [4.69, 9.17) is 0 Å². The monoisotopic (exact) mass is 202 g/mol. The Morgan fingerprint density at radius 3 is 2.20 bits per heavy atom. The lowest BCUT2D eigenvalue weighted by molar-refractivity contribution is 0.323.